The van der Waals surface area contributed by atoms with Crippen LogP contribution in [0.15, 0.2) is 72.9 Å². The Hall–Kier alpha value is -2.86. The summed E-state index contributed by atoms with van der Waals surface area (Å²) in [5.41, 5.74) is 0. The number of hydrogen-bond donors (Lipinski definition) is 4. The molecule has 6 atom stereocenters. The van der Waals surface area contributed by atoms with Gasteiger partial charge in [0.1, 0.15) is 31.0 Å². The Morgan fingerprint density at radius 2 is 1.15 bits per heavy atom. The molecule has 0 amide bonds. The lowest BCUT2D eigenvalue weighted by atomic mass is 9.99. The highest BCUT2D eigenvalue weighted by molar-refractivity contribution is 5.70. The van der Waals surface area contributed by atoms with Crippen LogP contribution in [0.4, 0.5) is 0 Å². The molecular weight excluding hydrogens is 700 g/mol. The topological polar surface area (TPSA) is 152 Å². The van der Waals surface area contributed by atoms with Crippen molar-refractivity contribution in [3.05, 3.63) is 72.9 Å². The number of ether oxygens (including phenoxy) is 4. The molecule has 1 fully saturated rings. The number of carbonyl (C=O) groups is 2. The lowest BCUT2D eigenvalue weighted by molar-refractivity contribution is -0.305. The van der Waals surface area contributed by atoms with Crippen LogP contribution in [-0.4, -0.2) is 89.0 Å². The van der Waals surface area contributed by atoms with Gasteiger partial charge in [-0.1, -0.05) is 138 Å². The summed E-state index contributed by atoms with van der Waals surface area (Å²) in [6, 6.07) is 0. The van der Waals surface area contributed by atoms with Gasteiger partial charge in [0.15, 0.2) is 12.4 Å². The van der Waals surface area contributed by atoms with Crippen LogP contribution >= 0.6 is 0 Å². The average Bonchev–Trinajstić information content (AvgIpc) is 3.18. The summed E-state index contributed by atoms with van der Waals surface area (Å²) in [4.78, 5) is 25.2. The van der Waals surface area contributed by atoms with Gasteiger partial charge in [0.05, 0.1) is 13.2 Å². The van der Waals surface area contributed by atoms with E-state index in [1.165, 1.54) is 44.9 Å². The Balaban J connectivity index is 2.39. The summed E-state index contributed by atoms with van der Waals surface area (Å²) < 4.78 is 22.1. The van der Waals surface area contributed by atoms with Crippen molar-refractivity contribution in [1.82, 2.24) is 0 Å². The van der Waals surface area contributed by atoms with E-state index in [0.717, 1.165) is 57.8 Å². The molecule has 1 saturated heterocycles. The Morgan fingerprint density at radius 1 is 0.600 bits per heavy atom. The van der Waals surface area contributed by atoms with Crippen molar-refractivity contribution in [3.63, 3.8) is 0 Å². The van der Waals surface area contributed by atoms with Gasteiger partial charge < -0.3 is 39.4 Å². The minimum atomic E-state index is -1.61. The Bertz CT molecular complexity index is 1120. The summed E-state index contributed by atoms with van der Waals surface area (Å²) in [5.74, 6) is -0.870. The molecule has 10 nitrogen and oxygen atoms in total. The standard InChI is InChI=1S/C45H74O10/c1-3-5-7-9-11-13-15-17-18-19-20-22-23-25-27-29-31-33-40(47)52-36-38(37-53-45-44(51)43(50)42(49)39(35-46)55-45)54-41(48)34-32-30-28-26-24-21-16-14-12-10-8-6-4-2/h6,8,10-14,16-18,21,24,38-39,42-46,49-51H,3-5,7,9,15,19-20,22-23,25-37H2,1-2H3/b8-6+,12-10+,13-11+,16-14+,18-17+,24-21+/t38?,39-,42+,43?,44?,45-/m0/s1. The van der Waals surface area contributed by atoms with Gasteiger partial charge in [-0.05, 0) is 64.2 Å². The van der Waals surface area contributed by atoms with Crippen molar-refractivity contribution in [1.29, 1.82) is 0 Å². The SMILES string of the molecule is CC/C=C/C=C/C=C/C=C/CCCCCC(=O)OC(COC(=O)CCCCCCCCC/C=C/C/C=C/CCCCC)CO[C@H]1O[C@@H](CO)[C@@H](O)C(O)C1O. The minimum Gasteiger partial charge on any atom is -0.462 e. The lowest BCUT2D eigenvalue weighted by Crippen LogP contribution is -2.59. The maximum atomic E-state index is 12.7. The molecule has 1 heterocycles. The van der Waals surface area contributed by atoms with Crippen LogP contribution in [0.1, 0.15) is 142 Å². The van der Waals surface area contributed by atoms with Gasteiger partial charge in [-0.15, -0.1) is 0 Å². The molecule has 4 N–H and O–H groups in total. The number of unbranched alkanes of at least 4 members (excludes halogenated alkanes) is 13. The zero-order chi connectivity index (χ0) is 40.2. The van der Waals surface area contributed by atoms with Crippen LogP contribution in [0.3, 0.4) is 0 Å². The Morgan fingerprint density at radius 3 is 1.78 bits per heavy atom. The van der Waals surface area contributed by atoms with Crippen LogP contribution < -0.4 is 0 Å². The number of aliphatic hydroxyl groups excluding tert-OH is 4. The van der Waals surface area contributed by atoms with E-state index in [9.17, 15) is 30.0 Å². The largest absolute Gasteiger partial charge is 0.462 e. The van der Waals surface area contributed by atoms with Crippen LogP contribution in [-0.2, 0) is 28.5 Å². The average molecular weight is 775 g/mol. The predicted octanol–water partition coefficient (Wildman–Crippen LogP) is 8.44. The van der Waals surface area contributed by atoms with Gasteiger partial charge in [-0.25, -0.2) is 0 Å². The molecule has 55 heavy (non-hydrogen) atoms. The highest BCUT2D eigenvalue weighted by Crippen LogP contribution is 2.22. The molecule has 10 heteroatoms. The summed E-state index contributed by atoms with van der Waals surface area (Å²) in [6.07, 6.45) is 36.2. The molecule has 0 spiro atoms. The normalized spacial score (nSPS) is 21.3. The molecule has 0 bridgehead atoms. The smallest absolute Gasteiger partial charge is 0.306 e. The first-order valence-electron chi connectivity index (χ1n) is 21.1. The van der Waals surface area contributed by atoms with E-state index < -0.39 is 55.4 Å². The van der Waals surface area contributed by atoms with Gasteiger partial charge >= 0.3 is 11.9 Å². The maximum absolute atomic E-state index is 12.7. The number of hydrogen-bond acceptors (Lipinski definition) is 10. The van der Waals surface area contributed by atoms with E-state index in [0.29, 0.717) is 12.8 Å². The van der Waals surface area contributed by atoms with E-state index in [1.54, 1.807) is 0 Å². The third-order valence-electron chi connectivity index (χ3n) is 9.17. The molecule has 0 radical (unpaired) electrons. The molecule has 314 valence electrons. The number of aliphatic hydroxyl groups is 4. The predicted molar refractivity (Wildman–Crippen MR) is 219 cm³/mol. The van der Waals surface area contributed by atoms with E-state index in [-0.39, 0.29) is 26.1 Å². The van der Waals surface area contributed by atoms with E-state index >= 15 is 0 Å². The minimum absolute atomic E-state index is 0.178. The van der Waals surface area contributed by atoms with Crippen LogP contribution in [0.25, 0.3) is 0 Å². The first kappa shape index (κ1) is 50.2. The quantitative estimate of drug-likeness (QED) is 0.0221. The van der Waals surface area contributed by atoms with E-state index in [2.05, 4.69) is 50.3 Å². The van der Waals surface area contributed by atoms with Gasteiger partial charge in [-0.3, -0.25) is 9.59 Å². The molecule has 0 aliphatic carbocycles. The fourth-order valence-corrected chi connectivity index (χ4v) is 5.81. The second kappa shape index (κ2) is 35.5. The molecule has 1 aliphatic heterocycles. The number of esters is 2. The van der Waals surface area contributed by atoms with Crippen molar-refractivity contribution < 1.29 is 49.0 Å². The molecule has 3 unspecified atom stereocenters. The fraction of sp³-hybridized carbons (Fsp3) is 0.689. The molecule has 0 aromatic rings. The fourth-order valence-electron chi connectivity index (χ4n) is 5.81. The lowest BCUT2D eigenvalue weighted by Gasteiger charge is -2.39. The number of allylic oxidation sites excluding steroid dienone is 12. The molecule has 0 saturated carbocycles. The van der Waals surface area contributed by atoms with E-state index in [1.807, 2.05) is 36.5 Å². The third-order valence-corrected chi connectivity index (χ3v) is 9.17. The van der Waals surface area contributed by atoms with Crippen molar-refractivity contribution >= 4 is 11.9 Å². The second-order valence-corrected chi connectivity index (χ2v) is 14.1. The number of carbonyl (C=O) groups excluding carboxylic acids is 2. The number of rotatable bonds is 33. The summed E-state index contributed by atoms with van der Waals surface area (Å²) >= 11 is 0. The van der Waals surface area contributed by atoms with Crippen molar-refractivity contribution in [2.45, 2.75) is 179 Å². The van der Waals surface area contributed by atoms with Gasteiger partial charge in [-0.2, -0.15) is 0 Å². The second-order valence-electron chi connectivity index (χ2n) is 14.1. The van der Waals surface area contributed by atoms with Crippen molar-refractivity contribution in [2.24, 2.45) is 0 Å². The monoisotopic (exact) mass is 775 g/mol. The van der Waals surface area contributed by atoms with Gasteiger partial charge in [0, 0.05) is 12.8 Å². The highest BCUT2D eigenvalue weighted by Gasteiger charge is 2.44. The van der Waals surface area contributed by atoms with Crippen molar-refractivity contribution in [3.8, 4) is 0 Å². The Kier molecular flexibility index (Phi) is 32.4. The third kappa shape index (κ3) is 27.4. The summed E-state index contributed by atoms with van der Waals surface area (Å²) in [6.45, 7) is 3.18. The molecule has 0 aromatic heterocycles. The van der Waals surface area contributed by atoms with Crippen LogP contribution in [0, 0.1) is 0 Å². The molecule has 1 rings (SSSR count). The van der Waals surface area contributed by atoms with E-state index in [4.69, 9.17) is 18.9 Å². The maximum Gasteiger partial charge on any atom is 0.306 e. The highest BCUT2D eigenvalue weighted by atomic mass is 16.7. The molecule has 0 aromatic carbocycles. The first-order chi connectivity index (χ1) is 26.8. The molecular formula is C45H74O10. The summed E-state index contributed by atoms with van der Waals surface area (Å²) in [5, 5.41) is 40.0. The zero-order valence-corrected chi connectivity index (χ0v) is 33.9. The first-order valence-corrected chi connectivity index (χ1v) is 21.1. The van der Waals surface area contributed by atoms with Crippen molar-refractivity contribution in [2.75, 3.05) is 19.8 Å². The molecule has 1 aliphatic rings. The summed E-state index contributed by atoms with van der Waals surface area (Å²) in [7, 11) is 0. The van der Waals surface area contributed by atoms with Crippen LogP contribution in [0.5, 0.6) is 0 Å². The van der Waals surface area contributed by atoms with Gasteiger partial charge in [0.25, 0.3) is 0 Å². The zero-order valence-electron chi connectivity index (χ0n) is 33.9. The Labute approximate surface area is 332 Å². The van der Waals surface area contributed by atoms with Crippen LogP contribution in [0.2, 0.25) is 0 Å². The van der Waals surface area contributed by atoms with Gasteiger partial charge in [0.2, 0.25) is 0 Å².